The van der Waals surface area contributed by atoms with Crippen LogP contribution < -0.4 is 14.4 Å². The van der Waals surface area contributed by atoms with Gasteiger partial charge in [0.25, 0.3) is 0 Å². The average Bonchev–Trinajstić information content (AvgIpc) is 2.85. The van der Waals surface area contributed by atoms with Crippen LogP contribution in [0.3, 0.4) is 0 Å². The number of sulfonamides is 1. The maximum atomic E-state index is 13.8. The van der Waals surface area contributed by atoms with Crippen molar-refractivity contribution < 1.29 is 22.7 Å². The van der Waals surface area contributed by atoms with Crippen molar-refractivity contribution in [2.24, 2.45) is 5.92 Å². The minimum absolute atomic E-state index is 0.132. The van der Waals surface area contributed by atoms with E-state index in [1.165, 1.54) is 4.90 Å². The van der Waals surface area contributed by atoms with E-state index in [4.69, 9.17) is 4.74 Å². The average molecular weight is 532 g/mol. The standard InChI is InChI=1S/C28H41N3O5S/c1-8-26(28(33)29-17-20(2)3)30(18-22-10-9-11-25(16-22)36-6)27(32)19-31(37(7,34)35)24-14-12-23(13-15-24)21(4)5/h9-16,20-21,26H,8,17-19H2,1-7H3,(H,29,33). The number of anilines is 1. The van der Waals surface area contributed by atoms with Gasteiger partial charge in [0.15, 0.2) is 0 Å². The smallest absolute Gasteiger partial charge is 0.244 e. The summed E-state index contributed by atoms with van der Waals surface area (Å²) in [4.78, 5) is 28.4. The molecule has 37 heavy (non-hydrogen) atoms. The zero-order valence-corrected chi connectivity index (χ0v) is 23.8. The molecule has 0 heterocycles. The number of rotatable bonds is 13. The lowest BCUT2D eigenvalue weighted by Gasteiger charge is -2.33. The predicted molar refractivity (Wildman–Crippen MR) is 148 cm³/mol. The van der Waals surface area contributed by atoms with Crippen molar-refractivity contribution in [1.29, 1.82) is 0 Å². The minimum Gasteiger partial charge on any atom is -0.497 e. The zero-order chi connectivity index (χ0) is 27.8. The Morgan fingerprint density at radius 1 is 1.03 bits per heavy atom. The largest absolute Gasteiger partial charge is 0.497 e. The first kappa shape index (κ1) is 30.2. The van der Waals surface area contributed by atoms with Crippen molar-refractivity contribution in [3.8, 4) is 5.75 Å². The Bertz CT molecular complexity index is 1150. The molecule has 9 heteroatoms. The van der Waals surface area contributed by atoms with Gasteiger partial charge in [-0.3, -0.25) is 13.9 Å². The van der Waals surface area contributed by atoms with E-state index in [-0.39, 0.29) is 24.3 Å². The van der Waals surface area contributed by atoms with Gasteiger partial charge in [-0.2, -0.15) is 0 Å². The lowest BCUT2D eigenvalue weighted by Crippen LogP contribution is -2.52. The van der Waals surface area contributed by atoms with Crippen LogP contribution in [0.4, 0.5) is 5.69 Å². The highest BCUT2D eigenvalue weighted by Crippen LogP contribution is 2.23. The molecule has 0 bridgehead atoms. The third kappa shape index (κ3) is 8.77. The van der Waals surface area contributed by atoms with Crippen molar-refractivity contribution in [2.75, 3.05) is 30.8 Å². The summed E-state index contributed by atoms with van der Waals surface area (Å²) in [6.07, 6.45) is 1.46. The molecule has 1 atom stereocenters. The van der Waals surface area contributed by atoms with Gasteiger partial charge < -0.3 is 15.0 Å². The molecule has 0 aliphatic heterocycles. The Labute approximate surface area is 222 Å². The van der Waals surface area contributed by atoms with Crippen LogP contribution in [-0.2, 0) is 26.2 Å². The first-order chi connectivity index (χ1) is 17.4. The van der Waals surface area contributed by atoms with Gasteiger partial charge in [0, 0.05) is 13.1 Å². The lowest BCUT2D eigenvalue weighted by molar-refractivity contribution is -0.140. The Kier molecular flexibility index (Phi) is 11.0. The van der Waals surface area contributed by atoms with E-state index in [1.54, 1.807) is 31.4 Å². The normalized spacial score (nSPS) is 12.4. The van der Waals surface area contributed by atoms with E-state index in [1.807, 2.05) is 45.0 Å². The maximum Gasteiger partial charge on any atom is 0.244 e. The number of carbonyl (C=O) groups is 2. The summed E-state index contributed by atoms with van der Waals surface area (Å²) in [5.41, 5.74) is 2.24. The molecule has 0 radical (unpaired) electrons. The third-order valence-electron chi connectivity index (χ3n) is 6.08. The van der Waals surface area contributed by atoms with E-state index in [2.05, 4.69) is 19.2 Å². The number of hydrogen-bond acceptors (Lipinski definition) is 5. The highest BCUT2D eigenvalue weighted by Gasteiger charge is 2.31. The summed E-state index contributed by atoms with van der Waals surface area (Å²) in [5, 5.41) is 2.92. The quantitative estimate of drug-likeness (QED) is 0.419. The zero-order valence-electron chi connectivity index (χ0n) is 23.0. The fourth-order valence-corrected chi connectivity index (χ4v) is 4.80. The van der Waals surface area contributed by atoms with Crippen molar-refractivity contribution >= 4 is 27.5 Å². The molecule has 8 nitrogen and oxygen atoms in total. The maximum absolute atomic E-state index is 13.8. The minimum atomic E-state index is -3.77. The number of benzene rings is 2. The molecule has 0 aliphatic carbocycles. The molecule has 0 aromatic heterocycles. The number of carbonyl (C=O) groups excluding carboxylic acids is 2. The Morgan fingerprint density at radius 2 is 1.68 bits per heavy atom. The summed E-state index contributed by atoms with van der Waals surface area (Å²) in [6, 6.07) is 13.7. The molecule has 2 aromatic rings. The van der Waals surface area contributed by atoms with Crippen LogP contribution in [0.5, 0.6) is 5.75 Å². The molecule has 1 N–H and O–H groups in total. The van der Waals surface area contributed by atoms with Crippen LogP contribution >= 0.6 is 0 Å². The van der Waals surface area contributed by atoms with Gasteiger partial charge in [-0.25, -0.2) is 8.42 Å². The number of nitrogens with zero attached hydrogens (tertiary/aromatic N) is 2. The summed E-state index contributed by atoms with van der Waals surface area (Å²) in [5.74, 6) is 0.437. The molecule has 0 spiro atoms. The lowest BCUT2D eigenvalue weighted by atomic mass is 10.0. The van der Waals surface area contributed by atoms with Crippen molar-refractivity contribution in [3.63, 3.8) is 0 Å². The molecule has 1 unspecified atom stereocenters. The highest BCUT2D eigenvalue weighted by molar-refractivity contribution is 7.92. The van der Waals surface area contributed by atoms with E-state index in [0.29, 0.717) is 24.4 Å². The molecule has 0 fully saturated rings. The van der Waals surface area contributed by atoms with Gasteiger partial charge in [-0.15, -0.1) is 0 Å². The fraction of sp³-hybridized carbons (Fsp3) is 0.500. The first-order valence-electron chi connectivity index (χ1n) is 12.6. The number of nitrogens with one attached hydrogen (secondary N) is 1. The first-order valence-corrected chi connectivity index (χ1v) is 14.5. The molecule has 0 saturated heterocycles. The fourth-order valence-electron chi connectivity index (χ4n) is 3.95. The second kappa shape index (κ2) is 13.5. The van der Waals surface area contributed by atoms with Crippen LogP contribution in [0.1, 0.15) is 58.1 Å². The van der Waals surface area contributed by atoms with E-state index >= 15 is 0 Å². The molecule has 0 aliphatic rings. The second-order valence-electron chi connectivity index (χ2n) is 9.95. The van der Waals surface area contributed by atoms with Crippen LogP contribution in [0.15, 0.2) is 48.5 Å². The Hall–Kier alpha value is -3.07. The van der Waals surface area contributed by atoms with Gasteiger partial charge in [0.05, 0.1) is 19.1 Å². The van der Waals surface area contributed by atoms with Crippen molar-refractivity contribution in [1.82, 2.24) is 10.2 Å². The summed E-state index contributed by atoms with van der Waals surface area (Å²) >= 11 is 0. The van der Waals surface area contributed by atoms with Gasteiger partial charge in [-0.1, -0.05) is 58.9 Å². The van der Waals surface area contributed by atoms with Crippen molar-refractivity contribution in [3.05, 3.63) is 59.7 Å². The topological polar surface area (TPSA) is 96.0 Å². The van der Waals surface area contributed by atoms with Crippen LogP contribution in [-0.4, -0.2) is 57.6 Å². The second-order valence-corrected chi connectivity index (χ2v) is 11.9. The Balaban J connectivity index is 2.43. The molecule has 204 valence electrons. The Morgan fingerprint density at radius 3 is 2.19 bits per heavy atom. The van der Waals surface area contributed by atoms with Crippen LogP contribution in [0.25, 0.3) is 0 Å². The van der Waals surface area contributed by atoms with E-state index in [9.17, 15) is 18.0 Å². The number of hydrogen-bond donors (Lipinski definition) is 1. The third-order valence-corrected chi connectivity index (χ3v) is 7.23. The molecular weight excluding hydrogens is 490 g/mol. The molecule has 2 aromatic carbocycles. The SMILES string of the molecule is CCC(C(=O)NCC(C)C)N(Cc1cccc(OC)c1)C(=O)CN(c1ccc(C(C)C)cc1)S(C)(=O)=O. The molecular formula is C28H41N3O5S. The summed E-state index contributed by atoms with van der Waals surface area (Å²) in [7, 11) is -2.21. The van der Waals surface area contributed by atoms with Gasteiger partial charge >= 0.3 is 0 Å². The van der Waals surface area contributed by atoms with Gasteiger partial charge in [-0.05, 0) is 53.6 Å². The number of ether oxygens (including phenoxy) is 1. The monoisotopic (exact) mass is 531 g/mol. The van der Waals surface area contributed by atoms with Crippen molar-refractivity contribution in [2.45, 2.75) is 59.5 Å². The van der Waals surface area contributed by atoms with E-state index in [0.717, 1.165) is 21.7 Å². The van der Waals surface area contributed by atoms with Gasteiger partial charge in [0.1, 0.15) is 18.3 Å². The molecule has 0 saturated carbocycles. The highest BCUT2D eigenvalue weighted by atomic mass is 32.2. The van der Waals surface area contributed by atoms with Crippen LogP contribution in [0.2, 0.25) is 0 Å². The van der Waals surface area contributed by atoms with Crippen LogP contribution in [0, 0.1) is 5.92 Å². The number of amides is 2. The summed E-state index contributed by atoms with van der Waals surface area (Å²) in [6.45, 7) is 10.1. The van der Waals surface area contributed by atoms with E-state index < -0.39 is 28.5 Å². The molecule has 2 rings (SSSR count). The predicted octanol–water partition coefficient (Wildman–Crippen LogP) is 4.16. The summed E-state index contributed by atoms with van der Waals surface area (Å²) < 4.78 is 31.9. The molecule has 2 amide bonds. The number of methoxy groups -OCH3 is 1. The van der Waals surface area contributed by atoms with Gasteiger partial charge in [0.2, 0.25) is 21.8 Å².